The SMILES string of the molecule is CC(C)(C)c1cc(C(C)(C)C)c(N=P[N](C(C)(C)C)[Sn]([c]2ccccc2)([c]2ccccc2)[c]2ccccc2)c(C(C)(C)C)c1. The molecular formula is C40H53N2PSn. The molecule has 0 saturated carbocycles. The van der Waals surface area contributed by atoms with Crippen molar-refractivity contribution in [3.05, 3.63) is 120 Å². The van der Waals surface area contributed by atoms with Crippen LogP contribution in [0.3, 0.4) is 0 Å². The molecule has 0 fully saturated rings. The van der Waals surface area contributed by atoms with Gasteiger partial charge in [0.05, 0.1) is 0 Å². The molecule has 0 heterocycles. The van der Waals surface area contributed by atoms with E-state index in [1.807, 2.05) is 0 Å². The van der Waals surface area contributed by atoms with E-state index in [1.165, 1.54) is 27.4 Å². The zero-order valence-electron chi connectivity index (χ0n) is 29.2. The van der Waals surface area contributed by atoms with Gasteiger partial charge in [-0.2, -0.15) is 0 Å². The second-order valence-corrected chi connectivity index (χ2v) is 28.3. The van der Waals surface area contributed by atoms with Crippen molar-refractivity contribution in [3.8, 4) is 0 Å². The summed E-state index contributed by atoms with van der Waals surface area (Å²) < 4.78 is 12.8. The quantitative estimate of drug-likeness (QED) is 0.144. The van der Waals surface area contributed by atoms with E-state index in [9.17, 15) is 0 Å². The van der Waals surface area contributed by atoms with Gasteiger partial charge in [-0.25, -0.2) is 0 Å². The number of hydrogen-bond donors (Lipinski definition) is 0. The third kappa shape index (κ3) is 7.24. The van der Waals surface area contributed by atoms with Gasteiger partial charge in [0, 0.05) is 0 Å². The Kier molecular flexibility index (Phi) is 10.1. The van der Waals surface area contributed by atoms with Crippen LogP contribution in [0.5, 0.6) is 0 Å². The second-order valence-electron chi connectivity index (χ2n) is 16.2. The average Bonchev–Trinajstić information content (AvgIpc) is 2.94. The van der Waals surface area contributed by atoms with Crippen LogP contribution in [0, 0.1) is 0 Å². The van der Waals surface area contributed by atoms with E-state index in [0.717, 1.165) is 14.2 Å². The molecular weight excluding hydrogens is 658 g/mol. The summed E-state index contributed by atoms with van der Waals surface area (Å²) in [4.78, 5) is 0. The maximum atomic E-state index is 5.72. The Labute approximate surface area is 274 Å². The molecule has 0 bridgehead atoms. The molecule has 0 aliphatic rings. The van der Waals surface area contributed by atoms with Crippen molar-refractivity contribution in [2.75, 3.05) is 0 Å². The van der Waals surface area contributed by atoms with Crippen molar-refractivity contribution in [1.29, 1.82) is 0 Å². The fourth-order valence-corrected chi connectivity index (χ4v) is 24.3. The molecule has 0 aromatic heterocycles. The number of hydrogen-bond acceptors (Lipinski definition) is 1. The van der Waals surface area contributed by atoms with Crippen LogP contribution < -0.4 is 10.7 Å². The summed E-state index contributed by atoms with van der Waals surface area (Å²) >= 11 is -3.91. The van der Waals surface area contributed by atoms with Crippen LogP contribution in [0.2, 0.25) is 0 Å². The number of benzene rings is 4. The van der Waals surface area contributed by atoms with E-state index in [0.29, 0.717) is 0 Å². The van der Waals surface area contributed by atoms with E-state index in [-0.39, 0.29) is 21.8 Å². The zero-order valence-corrected chi connectivity index (χ0v) is 32.9. The van der Waals surface area contributed by atoms with Crippen LogP contribution in [0.4, 0.5) is 5.69 Å². The van der Waals surface area contributed by atoms with Crippen molar-refractivity contribution in [1.82, 2.24) is 2.89 Å². The van der Waals surface area contributed by atoms with Gasteiger partial charge in [0.25, 0.3) is 0 Å². The molecule has 4 heteroatoms. The molecule has 0 unspecified atom stereocenters. The third-order valence-corrected chi connectivity index (χ3v) is 25.9. The van der Waals surface area contributed by atoms with E-state index < -0.39 is 18.7 Å². The predicted molar refractivity (Wildman–Crippen MR) is 197 cm³/mol. The first kappa shape index (κ1) is 34.6. The normalized spacial score (nSPS) is 13.6. The third-order valence-electron chi connectivity index (χ3n) is 8.35. The Morgan fingerprint density at radius 1 is 0.500 bits per heavy atom. The monoisotopic (exact) mass is 712 g/mol. The summed E-state index contributed by atoms with van der Waals surface area (Å²) in [6, 6.07) is 38.7. The van der Waals surface area contributed by atoms with Crippen LogP contribution in [0.15, 0.2) is 108 Å². The van der Waals surface area contributed by atoms with Crippen LogP contribution in [-0.4, -0.2) is 27.1 Å². The fourth-order valence-electron chi connectivity index (χ4n) is 6.02. The van der Waals surface area contributed by atoms with Crippen molar-refractivity contribution >= 4 is 43.6 Å². The van der Waals surface area contributed by atoms with Gasteiger partial charge in [-0.1, -0.05) is 0 Å². The van der Waals surface area contributed by atoms with Crippen molar-refractivity contribution < 1.29 is 0 Å². The first-order chi connectivity index (χ1) is 20.4. The summed E-state index contributed by atoms with van der Waals surface area (Å²) in [6.07, 6.45) is 0. The molecule has 44 heavy (non-hydrogen) atoms. The first-order valence-corrected chi connectivity index (χ1v) is 22.3. The standard InChI is InChI=1S/C22H38N2P.3C6H5.Sn/c1-19(2,3)15-13-16(20(4,5)6)18(17(14-15)21(7,8)9)23-25-24-22(10,11)12;3*1-2-4-6-5-3-1;/h13-14H,1-12H3;3*1-5H;/q-1;;;;+1. The van der Waals surface area contributed by atoms with Crippen LogP contribution in [0.25, 0.3) is 0 Å². The van der Waals surface area contributed by atoms with E-state index in [4.69, 9.17) is 4.74 Å². The predicted octanol–water partition coefficient (Wildman–Crippen LogP) is 10.0. The summed E-state index contributed by atoms with van der Waals surface area (Å²) in [5, 5.41) is 0. The van der Waals surface area contributed by atoms with Crippen molar-refractivity contribution in [3.63, 3.8) is 0 Å². The zero-order chi connectivity index (χ0) is 32.6. The van der Waals surface area contributed by atoms with E-state index in [2.05, 4.69) is 189 Å². The molecule has 232 valence electrons. The average molecular weight is 712 g/mol. The summed E-state index contributed by atoms with van der Waals surface area (Å²) in [5.74, 6) is 0. The van der Waals surface area contributed by atoms with Gasteiger partial charge in [-0.3, -0.25) is 0 Å². The van der Waals surface area contributed by atoms with Crippen LogP contribution in [0.1, 0.15) is 99.8 Å². The van der Waals surface area contributed by atoms with Gasteiger partial charge in [-0.05, 0) is 0 Å². The minimum atomic E-state index is -3.91. The van der Waals surface area contributed by atoms with Gasteiger partial charge in [0.15, 0.2) is 0 Å². The van der Waals surface area contributed by atoms with Crippen molar-refractivity contribution in [2.24, 2.45) is 4.74 Å². The molecule has 0 amide bonds. The Hall–Kier alpha value is -2.26. The van der Waals surface area contributed by atoms with Crippen molar-refractivity contribution in [2.45, 2.75) is 105 Å². The molecule has 0 aliphatic heterocycles. The molecule has 0 spiro atoms. The van der Waals surface area contributed by atoms with E-state index in [1.54, 1.807) is 0 Å². The Bertz CT molecular complexity index is 1440. The van der Waals surface area contributed by atoms with Crippen LogP contribution >= 0.6 is 8.52 Å². The van der Waals surface area contributed by atoms with Gasteiger partial charge >= 0.3 is 276 Å². The van der Waals surface area contributed by atoms with Gasteiger partial charge in [0.1, 0.15) is 0 Å². The van der Waals surface area contributed by atoms with Crippen LogP contribution in [-0.2, 0) is 16.2 Å². The molecule has 0 aliphatic carbocycles. The minimum absolute atomic E-state index is 0.0488. The Balaban J connectivity index is 2.14. The summed E-state index contributed by atoms with van der Waals surface area (Å²) in [7, 11) is 0.982. The molecule has 0 saturated heterocycles. The van der Waals surface area contributed by atoms with Gasteiger partial charge in [-0.15, -0.1) is 0 Å². The molecule has 0 N–H and O–H groups in total. The summed E-state index contributed by atoms with van der Waals surface area (Å²) in [5.41, 5.74) is 4.98. The molecule has 0 radical (unpaired) electrons. The number of nitrogens with zero attached hydrogens (tertiary/aromatic N) is 2. The Morgan fingerprint density at radius 2 is 0.841 bits per heavy atom. The summed E-state index contributed by atoms with van der Waals surface area (Å²) in [6.45, 7) is 28.1. The molecule has 4 rings (SSSR count). The van der Waals surface area contributed by atoms with E-state index >= 15 is 0 Å². The van der Waals surface area contributed by atoms with Gasteiger partial charge < -0.3 is 0 Å². The molecule has 4 aromatic rings. The second kappa shape index (κ2) is 12.9. The van der Waals surface area contributed by atoms with Gasteiger partial charge in [0.2, 0.25) is 0 Å². The molecule has 0 atom stereocenters. The fraction of sp³-hybridized carbons (Fsp3) is 0.400. The first-order valence-electron chi connectivity index (χ1n) is 16.0. The topological polar surface area (TPSA) is 15.6 Å². The number of rotatable bonds is 6. The maximum absolute atomic E-state index is 5.72. The molecule has 2 nitrogen and oxygen atoms in total. The Morgan fingerprint density at radius 3 is 1.11 bits per heavy atom. The molecule has 4 aromatic carbocycles.